The van der Waals surface area contributed by atoms with Gasteiger partial charge in [-0.15, -0.1) is 11.3 Å². The van der Waals surface area contributed by atoms with Crippen LogP contribution < -0.4 is 5.32 Å². The van der Waals surface area contributed by atoms with E-state index >= 15 is 0 Å². The molecule has 0 spiro atoms. The molecule has 2 amide bonds. The largest absolute Gasteiger partial charge is 0.444 e. The molecule has 0 bridgehead atoms. The number of carbonyl (C=O) groups excluding carboxylic acids is 2. The van der Waals surface area contributed by atoms with Crippen LogP contribution in [0.4, 0.5) is 9.93 Å². The van der Waals surface area contributed by atoms with E-state index in [2.05, 4.69) is 21.4 Å². The van der Waals surface area contributed by atoms with E-state index in [9.17, 15) is 9.59 Å². The molecule has 3 heterocycles. The zero-order valence-electron chi connectivity index (χ0n) is 18.6. The van der Waals surface area contributed by atoms with Gasteiger partial charge in [-0.05, 0) is 52.2 Å². The summed E-state index contributed by atoms with van der Waals surface area (Å²) in [6.07, 6.45) is 3.43. The Hall–Kier alpha value is -2.52. The maximum atomic E-state index is 12.4. The van der Waals surface area contributed by atoms with Gasteiger partial charge in [0.15, 0.2) is 5.13 Å². The summed E-state index contributed by atoms with van der Waals surface area (Å²) in [5.41, 5.74) is 1.49. The van der Waals surface area contributed by atoms with Crippen molar-refractivity contribution < 1.29 is 14.3 Å². The molecule has 0 saturated carbocycles. The zero-order chi connectivity index (χ0) is 22.7. The highest BCUT2D eigenvalue weighted by atomic mass is 32.1. The first kappa shape index (κ1) is 22.7. The number of nitrogens with one attached hydrogen (secondary N) is 1. The van der Waals surface area contributed by atoms with Gasteiger partial charge in [0.1, 0.15) is 5.60 Å². The van der Waals surface area contributed by atoms with Gasteiger partial charge < -0.3 is 15.0 Å². The average molecular weight is 473 g/mol. The minimum atomic E-state index is -0.517. The fourth-order valence-corrected chi connectivity index (χ4v) is 5.55. The topological polar surface area (TPSA) is 84.4 Å². The molecule has 0 atom stereocenters. The van der Waals surface area contributed by atoms with Crippen LogP contribution in [0.1, 0.15) is 55.6 Å². The first-order valence-electron chi connectivity index (χ1n) is 10.9. The summed E-state index contributed by atoms with van der Waals surface area (Å²) in [7, 11) is 0. The molecular formula is C23H28N4O3S2. The van der Waals surface area contributed by atoms with E-state index in [1.54, 1.807) is 16.2 Å². The standard InChI is InChI=1S/C23H28N4O3S2/c1-23(2,3)30-22(29)27-13-12-16-18(14-27)32-21(25-16)26-19(28)10-6-7-11-20-24-15-8-4-5-9-17(15)31-20/h4-5,8-9H,6-7,10-14H2,1-3H3,(H,25,26,28). The van der Waals surface area contributed by atoms with Gasteiger partial charge in [-0.3, -0.25) is 4.79 Å². The van der Waals surface area contributed by atoms with Crippen LogP contribution in [-0.4, -0.2) is 39.0 Å². The predicted molar refractivity (Wildman–Crippen MR) is 128 cm³/mol. The lowest BCUT2D eigenvalue weighted by molar-refractivity contribution is -0.116. The number of aromatic nitrogens is 2. The Morgan fingerprint density at radius 2 is 1.97 bits per heavy atom. The number of aryl methyl sites for hydroxylation is 1. The maximum Gasteiger partial charge on any atom is 0.410 e. The first-order chi connectivity index (χ1) is 15.3. The Morgan fingerprint density at radius 1 is 1.16 bits per heavy atom. The van der Waals surface area contributed by atoms with Crippen LogP contribution in [-0.2, 0) is 28.9 Å². The van der Waals surface area contributed by atoms with Gasteiger partial charge in [0.25, 0.3) is 0 Å². The van der Waals surface area contributed by atoms with Gasteiger partial charge >= 0.3 is 6.09 Å². The van der Waals surface area contributed by atoms with E-state index in [-0.39, 0.29) is 12.0 Å². The summed E-state index contributed by atoms with van der Waals surface area (Å²) in [5, 5.41) is 4.65. The van der Waals surface area contributed by atoms with Crippen LogP contribution >= 0.6 is 22.7 Å². The number of anilines is 1. The summed E-state index contributed by atoms with van der Waals surface area (Å²) in [4.78, 5) is 36.6. The molecule has 0 radical (unpaired) electrons. The molecule has 1 aromatic carbocycles. The number of carbonyl (C=O) groups is 2. The van der Waals surface area contributed by atoms with Crippen LogP contribution in [0, 0.1) is 0 Å². The fourth-order valence-electron chi connectivity index (χ4n) is 3.50. The highest BCUT2D eigenvalue weighted by Gasteiger charge is 2.28. The molecule has 0 unspecified atom stereocenters. The molecule has 2 aromatic heterocycles. The number of thiazole rings is 2. The number of nitrogens with zero attached hydrogens (tertiary/aromatic N) is 3. The number of benzene rings is 1. The Labute approximate surface area is 195 Å². The monoisotopic (exact) mass is 472 g/mol. The Kier molecular flexibility index (Phi) is 6.76. The zero-order valence-corrected chi connectivity index (χ0v) is 20.3. The SMILES string of the molecule is CC(C)(C)OC(=O)N1CCc2nc(NC(=O)CCCCc3nc4ccccc4s3)sc2C1. The van der Waals surface area contributed by atoms with Crippen LogP contribution in [0.3, 0.4) is 0 Å². The number of hydrogen-bond acceptors (Lipinski definition) is 7. The maximum absolute atomic E-state index is 12.4. The number of para-hydroxylation sites is 1. The van der Waals surface area contributed by atoms with Crippen molar-refractivity contribution in [3.05, 3.63) is 39.8 Å². The lowest BCUT2D eigenvalue weighted by Gasteiger charge is -2.29. The predicted octanol–water partition coefficient (Wildman–Crippen LogP) is 5.40. The number of rotatable bonds is 6. The van der Waals surface area contributed by atoms with Crippen molar-refractivity contribution in [3.8, 4) is 0 Å². The summed E-state index contributed by atoms with van der Waals surface area (Å²) >= 11 is 3.16. The van der Waals surface area contributed by atoms with Crippen molar-refractivity contribution in [1.82, 2.24) is 14.9 Å². The fraction of sp³-hybridized carbons (Fsp3) is 0.478. The molecule has 0 saturated heterocycles. The van der Waals surface area contributed by atoms with Crippen LogP contribution in [0.5, 0.6) is 0 Å². The molecule has 1 aliphatic heterocycles. The van der Waals surface area contributed by atoms with Crippen molar-refractivity contribution in [2.24, 2.45) is 0 Å². The van der Waals surface area contributed by atoms with Crippen molar-refractivity contribution in [2.45, 2.75) is 65.0 Å². The van der Waals surface area contributed by atoms with Gasteiger partial charge in [-0.2, -0.15) is 0 Å². The van der Waals surface area contributed by atoms with E-state index in [1.165, 1.54) is 16.0 Å². The average Bonchev–Trinajstić information content (AvgIpc) is 3.32. The van der Waals surface area contributed by atoms with Gasteiger partial charge in [0, 0.05) is 24.3 Å². The minimum absolute atomic E-state index is 0.0237. The summed E-state index contributed by atoms with van der Waals surface area (Å²) in [6, 6.07) is 8.15. The van der Waals surface area contributed by atoms with Crippen molar-refractivity contribution in [3.63, 3.8) is 0 Å². The quantitative estimate of drug-likeness (QED) is 0.486. The number of unbranched alkanes of at least 4 members (excludes halogenated alkanes) is 1. The third-order valence-electron chi connectivity index (χ3n) is 5.01. The molecule has 4 rings (SSSR count). The van der Waals surface area contributed by atoms with Crippen LogP contribution in [0.25, 0.3) is 10.2 Å². The number of fused-ring (bicyclic) bond motifs is 2. The van der Waals surface area contributed by atoms with E-state index in [1.807, 2.05) is 39.0 Å². The normalized spacial score (nSPS) is 13.8. The summed E-state index contributed by atoms with van der Waals surface area (Å²) in [5.74, 6) is -0.0237. The van der Waals surface area contributed by atoms with Gasteiger partial charge in [-0.1, -0.05) is 23.5 Å². The van der Waals surface area contributed by atoms with Crippen LogP contribution in [0.2, 0.25) is 0 Å². The van der Waals surface area contributed by atoms with Crippen molar-refractivity contribution in [1.29, 1.82) is 0 Å². The van der Waals surface area contributed by atoms with E-state index in [0.717, 1.165) is 40.4 Å². The molecule has 170 valence electrons. The first-order valence-corrected chi connectivity index (χ1v) is 12.5. The molecule has 1 N–H and O–H groups in total. The second-order valence-corrected chi connectivity index (χ2v) is 11.1. The highest BCUT2D eigenvalue weighted by molar-refractivity contribution is 7.18. The molecule has 7 nitrogen and oxygen atoms in total. The summed E-state index contributed by atoms with van der Waals surface area (Å²) in [6.45, 7) is 6.63. The second kappa shape index (κ2) is 9.54. The smallest absolute Gasteiger partial charge is 0.410 e. The molecule has 3 aromatic rings. The molecule has 1 aliphatic rings. The van der Waals surface area contributed by atoms with E-state index in [4.69, 9.17) is 4.74 Å². The van der Waals surface area contributed by atoms with Gasteiger partial charge in [0.05, 0.1) is 27.5 Å². The molecule has 9 heteroatoms. The Morgan fingerprint density at radius 3 is 2.75 bits per heavy atom. The van der Waals surface area contributed by atoms with Gasteiger partial charge in [-0.25, -0.2) is 14.8 Å². The van der Waals surface area contributed by atoms with E-state index < -0.39 is 5.60 Å². The van der Waals surface area contributed by atoms with Crippen molar-refractivity contribution in [2.75, 3.05) is 11.9 Å². The highest BCUT2D eigenvalue weighted by Crippen LogP contribution is 2.29. The lowest BCUT2D eigenvalue weighted by atomic mass is 10.2. The summed E-state index contributed by atoms with van der Waals surface area (Å²) < 4.78 is 6.67. The third kappa shape index (κ3) is 5.83. The number of hydrogen-bond donors (Lipinski definition) is 1. The van der Waals surface area contributed by atoms with Gasteiger partial charge in [0.2, 0.25) is 5.91 Å². The van der Waals surface area contributed by atoms with Crippen molar-refractivity contribution >= 4 is 50.0 Å². The lowest BCUT2D eigenvalue weighted by Crippen LogP contribution is -2.39. The number of amides is 2. The Balaban J connectivity index is 1.23. The molecular weight excluding hydrogens is 444 g/mol. The minimum Gasteiger partial charge on any atom is -0.444 e. The van der Waals surface area contributed by atoms with E-state index in [0.29, 0.717) is 31.1 Å². The van der Waals surface area contributed by atoms with Crippen LogP contribution in [0.15, 0.2) is 24.3 Å². The Bertz CT molecular complexity index is 1080. The molecule has 0 fully saturated rings. The number of ether oxygens (including phenoxy) is 1. The molecule has 32 heavy (non-hydrogen) atoms. The third-order valence-corrected chi connectivity index (χ3v) is 7.11. The second-order valence-electron chi connectivity index (χ2n) is 8.87. The molecule has 0 aliphatic carbocycles.